The minimum atomic E-state index is -0.169. The molecule has 2 rings (SSSR count). The lowest BCUT2D eigenvalue weighted by Gasteiger charge is -2.23. The van der Waals surface area contributed by atoms with Crippen LogP contribution in [-0.4, -0.2) is 62.7 Å². The molecule has 1 aliphatic heterocycles. The van der Waals surface area contributed by atoms with Gasteiger partial charge in [0, 0.05) is 45.8 Å². The number of carbonyl (C=O) groups excluding carboxylic acids is 2. The highest BCUT2D eigenvalue weighted by Gasteiger charge is 2.38. The molecular weight excluding hydrogens is 306 g/mol. The Labute approximate surface area is 138 Å². The van der Waals surface area contributed by atoms with Crippen LogP contribution in [0.2, 0.25) is 0 Å². The van der Waals surface area contributed by atoms with E-state index >= 15 is 0 Å². The van der Waals surface area contributed by atoms with Gasteiger partial charge < -0.3 is 20.3 Å². The lowest BCUT2D eigenvalue weighted by molar-refractivity contribution is -0.130. The molecule has 0 aromatic rings. The Kier molecular flexibility index (Phi) is 8.75. The molecule has 1 atom stereocenters. The van der Waals surface area contributed by atoms with Crippen LogP contribution in [0.15, 0.2) is 0 Å². The molecule has 0 aromatic heterocycles. The van der Waals surface area contributed by atoms with Gasteiger partial charge in [-0.1, -0.05) is 12.8 Å². The highest BCUT2D eigenvalue weighted by molar-refractivity contribution is 5.89. The summed E-state index contributed by atoms with van der Waals surface area (Å²) in [5, 5.41) is 6.09. The van der Waals surface area contributed by atoms with Crippen molar-refractivity contribution in [2.75, 3.05) is 39.9 Å². The Balaban J connectivity index is 0.00000242. The van der Waals surface area contributed by atoms with Crippen molar-refractivity contribution < 1.29 is 14.3 Å². The molecule has 1 heterocycles. The van der Waals surface area contributed by atoms with Gasteiger partial charge in [-0.2, -0.15) is 0 Å². The van der Waals surface area contributed by atoms with Crippen LogP contribution in [0.3, 0.4) is 0 Å². The number of hydrogen-bond acceptors (Lipinski definition) is 4. The third-order valence-corrected chi connectivity index (χ3v) is 4.38. The van der Waals surface area contributed by atoms with Crippen LogP contribution in [0, 0.1) is 5.92 Å². The molecule has 2 fully saturated rings. The highest BCUT2D eigenvalue weighted by Crippen LogP contribution is 2.29. The van der Waals surface area contributed by atoms with E-state index in [1.54, 1.807) is 7.11 Å². The Morgan fingerprint density at radius 3 is 2.68 bits per heavy atom. The quantitative estimate of drug-likeness (QED) is 0.636. The standard InChI is InChI=1S/C15H27N3O3.ClH/c1-21-9-8-16-6-7-17-15(20)12-10-14(19)18(11-12)13-4-2-3-5-13;/h12-13,16H,2-11H2,1H3,(H,17,20);1H. The average molecular weight is 334 g/mol. The molecule has 1 saturated heterocycles. The number of rotatable bonds is 8. The largest absolute Gasteiger partial charge is 0.383 e. The van der Waals surface area contributed by atoms with Crippen LogP contribution in [0.5, 0.6) is 0 Å². The van der Waals surface area contributed by atoms with Gasteiger partial charge in [0.05, 0.1) is 12.5 Å². The first-order valence-electron chi connectivity index (χ1n) is 7.99. The first-order chi connectivity index (χ1) is 10.2. The molecule has 2 aliphatic rings. The number of ether oxygens (including phenoxy) is 1. The Morgan fingerprint density at radius 1 is 1.27 bits per heavy atom. The van der Waals surface area contributed by atoms with Gasteiger partial charge in [-0.05, 0) is 12.8 Å². The van der Waals surface area contributed by atoms with Crippen LogP contribution in [0.1, 0.15) is 32.1 Å². The second-order valence-corrected chi connectivity index (χ2v) is 5.92. The number of carbonyl (C=O) groups is 2. The monoisotopic (exact) mass is 333 g/mol. The highest BCUT2D eigenvalue weighted by atomic mass is 35.5. The summed E-state index contributed by atoms with van der Waals surface area (Å²) >= 11 is 0. The van der Waals surface area contributed by atoms with Gasteiger partial charge in [-0.3, -0.25) is 9.59 Å². The van der Waals surface area contributed by atoms with Crippen LogP contribution >= 0.6 is 12.4 Å². The van der Waals surface area contributed by atoms with Crippen molar-refractivity contribution in [2.24, 2.45) is 5.92 Å². The Bertz CT molecular complexity index is 362. The number of likely N-dealkylation sites (tertiary alicyclic amines) is 1. The number of hydrogen-bond donors (Lipinski definition) is 2. The maximum absolute atomic E-state index is 12.1. The van der Waals surface area contributed by atoms with Crippen molar-refractivity contribution in [3.8, 4) is 0 Å². The van der Waals surface area contributed by atoms with E-state index in [0.717, 1.165) is 25.9 Å². The number of amides is 2. The van der Waals surface area contributed by atoms with Crippen LogP contribution < -0.4 is 10.6 Å². The zero-order valence-corrected chi connectivity index (χ0v) is 14.1. The van der Waals surface area contributed by atoms with Crippen molar-refractivity contribution in [3.05, 3.63) is 0 Å². The maximum Gasteiger partial charge on any atom is 0.225 e. The molecule has 0 radical (unpaired) electrons. The smallest absolute Gasteiger partial charge is 0.225 e. The molecule has 7 heteroatoms. The number of halogens is 1. The average Bonchev–Trinajstić information content (AvgIpc) is 3.11. The van der Waals surface area contributed by atoms with Crippen molar-refractivity contribution in [3.63, 3.8) is 0 Å². The van der Waals surface area contributed by atoms with Crippen LogP contribution in [0.4, 0.5) is 0 Å². The molecule has 128 valence electrons. The fourth-order valence-corrected chi connectivity index (χ4v) is 3.19. The number of methoxy groups -OCH3 is 1. The number of nitrogens with zero attached hydrogens (tertiary/aromatic N) is 1. The van der Waals surface area contributed by atoms with Crippen molar-refractivity contribution in [2.45, 2.75) is 38.1 Å². The molecule has 1 aliphatic carbocycles. The van der Waals surface area contributed by atoms with E-state index in [9.17, 15) is 9.59 Å². The zero-order valence-electron chi connectivity index (χ0n) is 13.3. The van der Waals surface area contributed by atoms with E-state index in [1.165, 1.54) is 12.8 Å². The minimum Gasteiger partial charge on any atom is -0.383 e. The van der Waals surface area contributed by atoms with Gasteiger partial charge in [-0.15, -0.1) is 12.4 Å². The summed E-state index contributed by atoms with van der Waals surface area (Å²) in [6.07, 6.45) is 4.99. The molecule has 2 N–H and O–H groups in total. The summed E-state index contributed by atoms with van der Waals surface area (Å²) in [6, 6.07) is 0.381. The second-order valence-electron chi connectivity index (χ2n) is 5.92. The van der Waals surface area contributed by atoms with Crippen molar-refractivity contribution in [1.82, 2.24) is 15.5 Å². The lowest BCUT2D eigenvalue weighted by atomic mass is 10.1. The van der Waals surface area contributed by atoms with E-state index in [1.807, 2.05) is 4.90 Å². The molecule has 1 unspecified atom stereocenters. The van der Waals surface area contributed by atoms with Crippen molar-refractivity contribution in [1.29, 1.82) is 0 Å². The van der Waals surface area contributed by atoms with E-state index in [-0.39, 0.29) is 30.1 Å². The van der Waals surface area contributed by atoms with Crippen LogP contribution in [-0.2, 0) is 14.3 Å². The van der Waals surface area contributed by atoms with E-state index in [0.29, 0.717) is 32.2 Å². The molecule has 0 bridgehead atoms. The predicted molar refractivity (Wildman–Crippen MR) is 87.1 cm³/mol. The normalized spacial score (nSPS) is 22.0. The van der Waals surface area contributed by atoms with Crippen molar-refractivity contribution >= 4 is 24.2 Å². The van der Waals surface area contributed by atoms with Gasteiger partial charge in [0.1, 0.15) is 0 Å². The van der Waals surface area contributed by atoms with Gasteiger partial charge in [0.25, 0.3) is 0 Å². The first kappa shape index (κ1) is 19.2. The molecule has 22 heavy (non-hydrogen) atoms. The van der Waals surface area contributed by atoms with E-state index < -0.39 is 0 Å². The molecule has 2 amide bonds. The summed E-state index contributed by atoms with van der Waals surface area (Å²) < 4.78 is 4.93. The summed E-state index contributed by atoms with van der Waals surface area (Å²) in [7, 11) is 1.66. The number of nitrogens with one attached hydrogen (secondary N) is 2. The predicted octanol–water partition coefficient (Wildman–Crippen LogP) is 0.551. The fraction of sp³-hybridized carbons (Fsp3) is 0.867. The molecule has 6 nitrogen and oxygen atoms in total. The lowest BCUT2D eigenvalue weighted by Crippen LogP contribution is -2.39. The second kappa shape index (κ2) is 10.0. The summed E-state index contributed by atoms with van der Waals surface area (Å²) in [4.78, 5) is 26.1. The molecule has 0 spiro atoms. The third kappa shape index (κ3) is 5.41. The van der Waals surface area contributed by atoms with Gasteiger partial charge in [0.2, 0.25) is 11.8 Å². The fourth-order valence-electron chi connectivity index (χ4n) is 3.19. The SMILES string of the molecule is COCCNCCNC(=O)C1CC(=O)N(C2CCCC2)C1.Cl. The molecule has 1 saturated carbocycles. The zero-order chi connectivity index (χ0) is 15.1. The Morgan fingerprint density at radius 2 is 2.00 bits per heavy atom. The minimum absolute atomic E-state index is 0. The van der Waals surface area contributed by atoms with E-state index in [4.69, 9.17) is 4.74 Å². The molecule has 0 aromatic carbocycles. The third-order valence-electron chi connectivity index (χ3n) is 4.38. The van der Waals surface area contributed by atoms with Crippen LogP contribution in [0.25, 0.3) is 0 Å². The van der Waals surface area contributed by atoms with Gasteiger partial charge in [0.15, 0.2) is 0 Å². The van der Waals surface area contributed by atoms with E-state index in [2.05, 4.69) is 10.6 Å². The maximum atomic E-state index is 12.1. The summed E-state index contributed by atoms with van der Waals surface area (Å²) in [5.41, 5.74) is 0. The summed E-state index contributed by atoms with van der Waals surface area (Å²) in [6.45, 7) is 3.37. The summed E-state index contributed by atoms with van der Waals surface area (Å²) in [5.74, 6) is -0.00488. The Hall–Kier alpha value is -0.850. The molecular formula is C15H28ClN3O3. The van der Waals surface area contributed by atoms with Gasteiger partial charge in [-0.25, -0.2) is 0 Å². The first-order valence-corrected chi connectivity index (χ1v) is 7.99. The van der Waals surface area contributed by atoms with Gasteiger partial charge >= 0.3 is 0 Å². The topological polar surface area (TPSA) is 70.7 Å².